The molecule has 70 valence electrons. The lowest BCUT2D eigenvalue weighted by molar-refractivity contribution is -0.137. The van der Waals surface area contributed by atoms with Crippen LogP contribution >= 0.6 is 0 Å². The largest absolute Gasteiger partial charge is 0.481 e. The summed E-state index contributed by atoms with van der Waals surface area (Å²) in [6.45, 7) is 1.77. The van der Waals surface area contributed by atoms with Crippen molar-refractivity contribution in [1.82, 2.24) is 5.32 Å². The molecule has 0 fully saturated rings. The van der Waals surface area contributed by atoms with Crippen molar-refractivity contribution >= 4 is 11.8 Å². The van der Waals surface area contributed by atoms with Gasteiger partial charge in [-0.15, -0.1) is 0 Å². The minimum Gasteiger partial charge on any atom is -0.481 e. The number of likely N-dealkylation sites (N-methyl/N-ethyl adjacent to an activating group) is 1. The van der Waals surface area contributed by atoms with Gasteiger partial charge < -0.3 is 10.4 Å². The number of hydrogen-bond donors (Lipinski definition) is 2. The summed E-state index contributed by atoms with van der Waals surface area (Å²) in [4.78, 5) is 21.2. The van der Waals surface area contributed by atoms with Gasteiger partial charge in [0.05, 0.1) is 6.04 Å². The monoisotopic (exact) mass is 173 g/mol. The van der Waals surface area contributed by atoms with Crippen molar-refractivity contribution in [2.24, 2.45) is 0 Å². The van der Waals surface area contributed by atoms with E-state index in [0.29, 0.717) is 12.8 Å². The van der Waals surface area contributed by atoms with Crippen molar-refractivity contribution in [2.75, 3.05) is 7.05 Å². The van der Waals surface area contributed by atoms with E-state index >= 15 is 0 Å². The highest BCUT2D eigenvalue weighted by Gasteiger charge is 2.09. The van der Waals surface area contributed by atoms with Crippen molar-refractivity contribution in [3.05, 3.63) is 0 Å². The molecule has 0 bridgehead atoms. The van der Waals surface area contributed by atoms with Gasteiger partial charge in [0.2, 0.25) is 0 Å². The molecule has 0 aliphatic rings. The van der Waals surface area contributed by atoms with Crippen LogP contribution in [0.1, 0.15) is 26.2 Å². The van der Waals surface area contributed by atoms with Crippen LogP contribution in [0, 0.1) is 0 Å². The number of ketones is 1. The fraction of sp³-hybridized carbons (Fsp3) is 0.750. The van der Waals surface area contributed by atoms with Crippen LogP contribution in [0.3, 0.4) is 0 Å². The number of carboxylic acid groups (broad SMARTS) is 1. The maximum atomic E-state index is 11.1. The highest BCUT2D eigenvalue weighted by molar-refractivity contribution is 5.83. The molecular weight excluding hydrogens is 158 g/mol. The van der Waals surface area contributed by atoms with Crippen LogP contribution in [0.2, 0.25) is 0 Å². The van der Waals surface area contributed by atoms with Gasteiger partial charge in [-0.3, -0.25) is 9.59 Å². The Hall–Kier alpha value is -0.900. The average molecular weight is 173 g/mol. The lowest BCUT2D eigenvalue weighted by atomic mass is 10.1. The maximum Gasteiger partial charge on any atom is 0.303 e. The normalized spacial score (nSPS) is 12.5. The molecular formula is C8H15NO3. The van der Waals surface area contributed by atoms with E-state index in [0.717, 1.165) is 0 Å². The van der Waals surface area contributed by atoms with Gasteiger partial charge in [0.25, 0.3) is 0 Å². The van der Waals surface area contributed by atoms with Crippen molar-refractivity contribution in [2.45, 2.75) is 32.2 Å². The first-order valence-electron chi connectivity index (χ1n) is 3.99. The molecule has 0 aliphatic heterocycles. The Morgan fingerprint density at radius 1 is 1.42 bits per heavy atom. The molecule has 0 aliphatic carbocycles. The molecule has 0 aromatic carbocycles. The van der Waals surface area contributed by atoms with Crippen LogP contribution in [0.4, 0.5) is 0 Å². The van der Waals surface area contributed by atoms with Gasteiger partial charge in [0, 0.05) is 12.8 Å². The predicted molar refractivity (Wildman–Crippen MR) is 45.0 cm³/mol. The van der Waals surface area contributed by atoms with Gasteiger partial charge in [-0.2, -0.15) is 0 Å². The topological polar surface area (TPSA) is 66.4 Å². The summed E-state index contributed by atoms with van der Waals surface area (Å²) in [5.74, 6) is -0.779. The van der Waals surface area contributed by atoms with Crippen LogP contribution in [0.25, 0.3) is 0 Å². The van der Waals surface area contributed by atoms with Crippen LogP contribution < -0.4 is 5.32 Å². The minimum atomic E-state index is -0.847. The lowest BCUT2D eigenvalue weighted by Crippen LogP contribution is -2.30. The third kappa shape index (κ3) is 4.85. The number of carbonyl (C=O) groups excluding carboxylic acids is 1. The fourth-order valence-corrected chi connectivity index (χ4v) is 0.791. The SMILES string of the molecule is CNC(C)C(=O)CCCC(=O)O. The van der Waals surface area contributed by atoms with E-state index in [4.69, 9.17) is 5.11 Å². The second-order valence-corrected chi connectivity index (χ2v) is 2.72. The Labute approximate surface area is 72.0 Å². The summed E-state index contributed by atoms with van der Waals surface area (Å²) in [5, 5.41) is 11.1. The molecule has 2 N–H and O–H groups in total. The third-order valence-corrected chi connectivity index (χ3v) is 1.73. The van der Waals surface area contributed by atoms with Crippen LogP contribution in [0.5, 0.6) is 0 Å². The van der Waals surface area contributed by atoms with Crippen LogP contribution in [-0.2, 0) is 9.59 Å². The summed E-state index contributed by atoms with van der Waals surface area (Å²) < 4.78 is 0. The zero-order valence-electron chi connectivity index (χ0n) is 7.46. The maximum absolute atomic E-state index is 11.1. The molecule has 0 saturated heterocycles. The van der Waals surface area contributed by atoms with E-state index in [2.05, 4.69) is 5.32 Å². The second kappa shape index (κ2) is 5.71. The highest BCUT2D eigenvalue weighted by atomic mass is 16.4. The van der Waals surface area contributed by atoms with Gasteiger partial charge >= 0.3 is 5.97 Å². The zero-order chi connectivity index (χ0) is 9.56. The van der Waals surface area contributed by atoms with Crippen molar-refractivity contribution in [3.8, 4) is 0 Å². The molecule has 4 heteroatoms. The summed E-state index contributed by atoms with van der Waals surface area (Å²) in [7, 11) is 1.71. The van der Waals surface area contributed by atoms with E-state index in [-0.39, 0.29) is 18.2 Å². The molecule has 0 rings (SSSR count). The number of rotatable bonds is 6. The van der Waals surface area contributed by atoms with Gasteiger partial charge in [-0.05, 0) is 20.4 Å². The Bertz CT molecular complexity index is 168. The molecule has 12 heavy (non-hydrogen) atoms. The first kappa shape index (κ1) is 11.1. The fourth-order valence-electron chi connectivity index (χ4n) is 0.791. The molecule has 0 amide bonds. The molecule has 0 saturated carbocycles. The van der Waals surface area contributed by atoms with E-state index in [1.165, 1.54) is 0 Å². The number of hydrogen-bond acceptors (Lipinski definition) is 3. The average Bonchev–Trinajstić information content (AvgIpc) is 2.02. The predicted octanol–water partition coefficient (Wildman–Crippen LogP) is 0.418. The number of carbonyl (C=O) groups is 2. The Balaban J connectivity index is 3.50. The summed E-state index contributed by atoms with van der Waals surface area (Å²) in [5.41, 5.74) is 0. The molecule has 0 aromatic heterocycles. The molecule has 1 atom stereocenters. The summed E-state index contributed by atoms with van der Waals surface area (Å²) >= 11 is 0. The highest BCUT2D eigenvalue weighted by Crippen LogP contribution is 1.99. The number of Topliss-reactive ketones (excluding diaryl/α,β-unsaturated/α-hetero) is 1. The quantitative estimate of drug-likeness (QED) is 0.610. The molecule has 1 unspecified atom stereocenters. The van der Waals surface area contributed by atoms with E-state index in [9.17, 15) is 9.59 Å². The lowest BCUT2D eigenvalue weighted by Gasteiger charge is -2.07. The van der Waals surface area contributed by atoms with Crippen LogP contribution in [0.15, 0.2) is 0 Å². The third-order valence-electron chi connectivity index (χ3n) is 1.73. The number of carboxylic acids is 1. The minimum absolute atomic E-state index is 0.0683. The van der Waals surface area contributed by atoms with Gasteiger partial charge in [-0.1, -0.05) is 0 Å². The molecule has 0 spiro atoms. The molecule has 0 heterocycles. The number of aliphatic carboxylic acids is 1. The Morgan fingerprint density at radius 3 is 2.42 bits per heavy atom. The summed E-state index contributed by atoms with van der Waals surface area (Å²) in [6.07, 6.45) is 0.844. The molecule has 0 radical (unpaired) electrons. The molecule has 4 nitrogen and oxygen atoms in total. The van der Waals surface area contributed by atoms with Crippen molar-refractivity contribution < 1.29 is 14.7 Å². The van der Waals surface area contributed by atoms with Gasteiger partial charge in [0.1, 0.15) is 5.78 Å². The first-order valence-corrected chi connectivity index (χ1v) is 3.99. The second-order valence-electron chi connectivity index (χ2n) is 2.72. The summed E-state index contributed by atoms with van der Waals surface area (Å²) in [6, 6.07) is -0.168. The van der Waals surface area contributed by atoms with Crippen molar-refractivity contribution in [3.63, 3.8) is 0 Å². The van der Waals surface area contributed by atoms with Gasteiger partial charge in [0.15, 0.2) is 0 Å². The smallest absolute Gasteiger partial charge is 0.303 e. The Morgan fingerprint density at radius 2 is 2.00 bits per heavy atom. The molecule has 0 aromatic rings. The zero-order valence-corrected chi connectivity index (χ0v) is 7.46. The number of nitrogens with one attached hydrogen (secondary N) is 1. The standard InChI is InChI=1S/C8H15NO3/c1-6(9-2)7(10)4-3-5-8(11)12/h6,9H,3-5H2,1-2H3,(H,11,12). The van der Waals surface area contributed by atoms with Gasteiger partial charge in [-0.25, -0.2) is 0 Å². The van der Waals surface area contributed by atoms with E-state index in [1.54, 1.807) is 14.0 Å². The first-order chi connectivity index (χ1) is 5.57. The van der Waals surface area contributed by atoms with Crippen LogP contribution in [-0.4, -0.2) is 29.9 Å². The van der Waals surface area contributed by atoms with E-state index in [1.807, 2.05) is 0 Å². The Kier molecular flexibility index (Phi) is 5.28. The van der Waals surface area contributed by atoms with E-state index < -0.39 is 5.97 Å². The van der Waals surface area contributed by atoms with Crippen molar-refractivity contribution in [1.29, 1.82) is 0 Å².